The molecule has 1 atom stereocenters. The Morgan fingerprint density at radius 1 is 0.962 bits per heavy atom. The molecule has 0 bridgehead atoms. The van der Waals surface area contributed by atoms with Gasteiger partial charge < -0.3 is 0 Å². The number of hydrogen-bond acceptors (Lipinski definition) is 3. The minimum absolute atomic E-state index is 0. The summed E-state index contributed by atoms with van der Waals surface area (Å²) in [5.41, 5.74) is 5.50. The summed E-state index contributed by atoms with van der Waals surface area (Å²) in [4.78, 5) is 10.9. The Labute approximate surface area is 162 Å². The number of rotatable bonds is 4. The molecule has 0 saturated carbocycles. The van der Waals surface area contributed by atoms with Gasteiger partial charge >= 0.3 is 0 Å². The summed E-state index contributed by atoms with van der Waals surface area (Å²) in [5, 5.41) is 0. The smallest absolute Gasteiger partial charge is 0.115 e. The quantitative estimate of drug-likeness (QED) is 0.771. The molecule has 0 saturated heterocycles. The van der Waals surface area contributed by atoms with E-state index in [4.69, 9.17) is 0 Å². The van der Waals surface area contributed by atoms with Crippen molar-refractivity contribution in [2.24, 2.45) is 5.92 Å². The van der Waals surface area contributed by atoms with Crippen molar-refractivity contribution in [2.45, 2.75) is 25.7 Å². The van der Waals surface area contributed by atoms with Crippen LogP contribution < -0.4 is 0 Å². The molecule has 1 aliphatic heterocycles. The third-order valence-corrected chi connectivity index (χ3v) is 5.36. The van der Waals surface area contributed by atoms with E-state index in [2.05, 4.69) is 57.4 Å². The lowest BCUT2D eigenvalue weighted by Crippen LogP contribution is -2.33. The van der Waals surface area contributed by atoms with Crippen LogP contribution in [0.4, 0.5) is 0 Å². The zero-order valence-corrected chi connectivity index (χ0v) is 15.9. The number of hydrogen-bond donors (Lipinski definition) is 0. The molecule has 1 aromatic heterocycles. The number of benzene rings is 1. The van der Waals surface area contributed by atoms with Gasteiger partial charge in [-0.2, -0.15) is 0 Å². The minimum atomic E-state index is 0. The van der Waals surface area contributed by atoms with Crippen molar-refractivity contribution in [3.63, 3.8) is 0 Å². The number of allylic oxidation sites excluding steroid dienone is 2. The molecule has 26 heavy (non-hydrogen) atoms. The molecule has 0 N–H and O–H groups in total. The molecule has 4 rings (SSSR count). The summed E-state index contributed by atoms with van der Waals surface area (Å²) in [7, 11) is 0. The van der Waals surface area contributed by atoms with Crippen LogP contribution in [0.1, 0.15) is 36.8 Å². The fourth-order valence-electron chi connectivity index (χ4n) is 4.00. The fraction of sp³-hybridized carbons (Fsp3) is 0.364. The number of nitrogens with zero attached hydrogens (tertiary/aromatic N) is 3. The van der Waals surface area contributed by atoms with Crippen molar-refractivity contribution in [1.29, 1.82) is 0 Å². The molecule has 0 unspecified atom stereocenters. The van der Waals surface area contributed by atoms with Gasteiger partial charge in [-0.1, -0.05) is 42.5 Å². The largest absolute Gasteiger partial charge is 0.299 e. The predicted octanol–water partition coefficient (Wildman–Crippen LogP) is 4.87. The van der Waals surface area contributed by atoms with E-state index in [1.807, 2.05) is 12.4 Å². The Hall–Kier alpha value is -1.97. The maximum absolute atomic E-state index is 4.17. The maximum atomic E-state index is 4.17. The van der Waals surface area contributed by atoms with Crippen LogP contribution in [0.3, 0.4) is 0 Å². The summed E-state index contributed by atoms with van der Waals surface area (Å²) in [6, 6.07) is 10.8. The van der Waals surface area contributed by atoms with Crippen molar-refractivity contribution in [2.75, 3.05) is 19.6 Å². The Kier molecular flexibility index (Phi) is 6.59. The Morgan fingerprint density at radius 2 is 1.77 bits per heavy atom. The van der Waals surface area contributed by atoms with Crippen LogP contribution in [0, 0.1) is 5.92 Å². The first-order chi connectivity index (χ1) is 12.4. The summed E-state index contributed by atoms with van der Waals surface area (Å²) in [6.45, 7) is 3.45. The second-order valence-corrected chi connectivity index (χ2v) is 7.11. The Balaban J connectivity index is 0.00000196. The third-order valence-electron chi connectivity index (χ3n) is 5.36. The SMILES string of the molecule is C1=C(c2ccccc2)CCN(C[C@@H]2CCC=C(c3cncnc3)C2)C1.Cl. The zero-order valence-electron chi connectivity index (χ0n) is 15.1. The monoisotopic (exact) mass is 367 g/mol. The van der Waals surface area contributed by atoms with Crippen LogP contribution in [-0.2, 0) is 0 Å². The molecule has 2 aliphatic rings. The molecule has 136 valence electrons. The molecule has 0 spiro atoms. The molecule has 2 aromatic rings. The second-order valence-electron chi connectivity index (χ2n) is 7.11. The summed E-state index contributed by atoms with van der Waals surface area (Å²) < 4.78 is 0. The van der Waals surface area contributed by atoms with Gasteiger partial charge in [0.2, 0.25) is 0 Å². The van der Waals surface area contributed by atoms with Crippen molar-refractivity contribution in [3.05, 3.63) is 72.3 Å². The lowest BCUT2D eigenvalue weighted by atomic mass is 9.85. The first-order valence-corrected chi connectivity index (χ1v) is 9.30. The topological polar surface area (TPSA) is 29.0 Å². The van der Waals surface area contributed by atoms with Gasteiger partial charge in [0.05, 0.1) is 0 Å². The molecule has 2 heterocycles. The van der Waals surface area contributed by atoms with E-state index in [0.717, 1.165) is 25.3 Å². The van der Waals surface area contributed by atoms with E-state index in [9.17, 15) is 0 Å². The average molecular weight is 368 g/mol. The van der Waals surface area contributed by atoms with E-state index < -0.39 is 0 Å². The standard InChI is InChI=1S/C22H25N3.ClH/c1-2-6-19(7-3-1)20-9-11-25(12-10-20)16-18-5-4-8-21(13-18)22-14-23-17-24-15-22;/h1-3,6-9,14-15,17-18H,4-5,10-13,16H2;1H/t18-;/m1./s1. The van der Waals surface area contributed by atoms with Crippen LogP contribution in [0.2, 0.25) is 0 Å². The molecule has 1 aromatic carbocycles. The average Bonchev–Trinajstić information content (AvgIpc) is 2.70. The lowest BCUT2D eigenvalue weighted by Gasteiger charge is -2.32. The molecular formula is C22H26ClN3. The highest BCUT2D eigenvalue weighted by molar-refractivity contribution is 5.85. The van der Waals surface area contributed by atoms with Gasteiger partial charge in [-0.15, -0.1) is 12.4 Å². The Bertz CT molecular complexity index is 755. The fourth-order valence-corrected chi connectivity index (χ4v) is 4.00. The molecule has 4 heteroatoms. The van der Waals surface area contributed by atoms with Gasteiger partial charge in [0.15, 0.2) is 0 Å². The number of halogens is 1. The van der Waals surface area contributed by atoms with Gasteiger partial charge in [-0.3, -0.25) is 4.90 Å². The van der Waals surface area contributed by atoms with E-state index in [0.29, 0.717) is 0 Å². The summed E-state index contributed by atoms with van der Waals surface area (Å²) in [5.74, 6) is 0.742. The number of aromatic nitrogens is 2. The van der Waals surface area contributed by atoms with Crippen molar-refractivity contribution in [1.82, 2.24) is 14.9 Å². The molecule has 1 aliphatic carbocycles. The minimum Gasteiger partial charge on any atom is -0.299 e. The van der Waals surface area contributed by atoms with Crippen molar-refractivity contribution >= 4 is 23.6 Å². The van der Waals surface area contributed by atoms with E-state index in [1.165, 1.54) is 48.2 Å². The van der Waals surface area contributed by atoms with Gasteiger partial charge in [0.25, 0.3) is 0 Å². The van der Waals surface area contributed by atoms with Gasteiger partial charge in [0.1, 0.15) is 6.33 Å². The third kappa shape index (κ3) is 4.60. The highest BCUT2D eigenvalue weighted by atomic mass is 35.5. The van der Waals surface area contributed by atoms with E-state index >= 15 is 0 Å². The van der Waals surface area contributed by atoms with E-state index in [1.54, 1.807) is 6.33 Å². The van der Waals surface area contributed by atoms with Crippen LogP contribution >= 0.6 is 12.4 Å². The molecule has 0 radical (unpaired) electrons. The van der Waals surface area contributed by atoms with Gasteiger partial charge in [0, 0.05) is 37.6 Å². The first-order valence-electron chi connectivity index (χ1n) is 9.30. The van der Waals surface area contributed by atoms with E-state index in [-0.39, 0.29) is 12.4 Å². The second kappa shape index (κ2) is 9.11. The maximum Gasteiger partial charge on any atom is 0.115 e. The van der Waals surface area contributed by atoms with Crippen molar-refractivity contribution < 1.29 is 0 Å². The Morgan fingerprint density at radius 3 is 2.50 bits per heavy atom. The molecular weight excluding hydrogens is 342 g/mol. The summed E-state index contributed by atoms with van der Waals surface area (Å²) in [6.07, 6.45) is 15.1. The van der Waals surface area contributed by atoms with Crippen LogP contribution in [0.5, 0.6) is 0 Å². The molecule has 3 nitrogen and oxygen atoms in total. The first kappa shape index (κ1) is 18.8. The van der Waals surface area contributed by atoms with Crippen molar-refractivity contribution in [3.8, 4) is 0 Å². The van der Waals surface area contributed by atoms with Gasteiger partial charge in [-0.05, 0) is 48.3 Å². The zero-order chi connectivity index (χ0) is 16.9. The molecule has 0 amide bonds. The molecule has 0 fully saturated rings. The van der Waals surface area contributed by atoms with Crippen LogP contribution in [-0.4, -0.2) is 34.5 Å². The predicted molar refractivity (Wildman–Crippen MR) is 110 cm³/mol. The van der Waals surface area contributed by atoms with Crippen LogP contribution in [0.15, 0.2) is 61.2 Å². The van der Waals surface area contributed by atoms with Gasteiger partial charge in [-0.25, -0.2) is 9.97 Å². The summed E-state index contributed by atoms with van der Waals surface area (Å²) >= 11 is 0. The normalized spacial score (nSPS) is 20.7. The highest BCUT2D eigenvalue weighted by Crippen LogP contribution is 2.31. The lowest BCUT2D eigenvalue weighted by molar-refractivity contribution is 0.244. The highest BCUT2D eigenvalue weighted by Gasteiger charge is 2.21. The van der Waals surface area contributed by atoms with Crippen LogP contribution in [0.25, 0.3) is 11.1 Å².